The Bertz CT molecular complexity index is 926. The third-order valence-electron chi connectivity index (χ3n) is 3.19. The number of carbonyl (C=O) groups is 1. The van der Waals surface area contributed by atoms with Crippen molar-refractivity contribution in [1.29, 1.82) is 5.26 Å². The molecule has 1 aromatic carbocycles. The fraction of sp³-hybridized carbons (Fsp3) is 0.0588. The maximum absolute atomic E-state index is 12.3. The van der Waals surface area contributed by atoms with E-state index in [2.05, 4.69) is 20.8 Å². The van der Waals surface area contributed by atoms with E-state index < -0.39 is 5.91 Å². The molecule has 0 saturated heterocycles. The normalized spacial score (nSPS) is 10.0. The van der Waals surface area contributed by atoms with Crippen LogP contribution in [-0.4, -0.2) is 16.0 Å². The van der Waals surface area contributed by atoms with Crippen molar-refractivity contribution in [2.24, 2.45) is 0 Å². The number of carbonyl (C=O) groups excluding carboxylic acids is 1. The molecule has 7 nitrogen and oxygen atoms in total. The van der Waals surface area contributed by atoms with Crippen LogP contribution in [0.4, 0.5) is 17.2 Å². The molecular formula is C17H13N5O2. The van der Waals surface area contributed by atoms with Crippen LogP contribution in [0, 0.1) is 18.3 Å². The monoisotopic (exact) mass is 319 g/mol. The van der Waals surface area contributed by atoms with Gasteiger partial charge in [0, 0.05) is 18.0 Å². The molecule has 7 heteroatoms. The van der Waals surface area contributed by atoms with Crippen molar-refractivity contribution in [3.8, 4) is 6.07 Å². The molecule has 0 saturated carbocycles. The maximum Gasteiger partial charge on any atom is 0.274 e. The zero-order chi connectivity index (χ0) is 16.9. The van der Waals surface area contributed by atoms with E-state index in [0.29, 0.717) is 28.5 Å². The smallest absolute Gasteiger partial charge is 0.274 e. The number of para-hydroxylation sites is 1. The van der Waals surface area contributed by atoms with Crippen molar-refractivity contribution in [2.75, 3.05) is 10.6 Å². The first-order valence-corrected chi connectivity index (χ1v) is 7.12. The minimum atomic E-state index is -0.405. The van der Waals surface area contributed by atoms with Gasteiger partial charge in [-0.1, -0.05) is 17.3 Å². The molecule has 24 heavy (non-hydrogen) atoms. The molecule has 0 unspecified atom stereocenters. The fourth-order valence-electron chi connectivity index (χ4n) is 2.08. The number of amides is 1. The number of nitrogens with one attached hydrogen (secondary N) is 2. The lowest BCUT2D eigenvalue weighted by Gasteiger charge is -2.07. The summed E-state index contributed by atoms with van der Waals surface area (Å²) in [6.07, 6.45) is 1.51. The third kappa shape index (κ3) is 3.39. The standard InChI is InChI=1S/C17H13N5O2/c1-11-8-16(22-24-11)20-13-6-7-19-15(9-13)17(23)21-14-5-3-2-4-12(14)10-18/h2-9H,1H3,(H,21,23)(H,19,20,22). The molecule has 0 bridgehead atoms. The second-order valence-electron chi connectivity index (χ2n) is 4.99. The Morgan fingerprint density at radius 1 is 1.25 bits per heavy atom. The zero-order valence-electron chi connectivity index (χ0n) is 12.8. The highest BCUT2D eigenvalue weighted by Gasteiger charge is 2.11. The SMILES string of the molecule is Cc1cc(Nc2ccnc(C(=O)Nc3ccccc3C#N)c2)no1. The topological polar surface area (TPSA) is 104 Å². The number of aromatic nitrogens is 2. The van der Waals surface area contributed by atoms with E-state index in [1.165, 1.54) is 6.20 Å². The lowest BCUT2D eigenvalue weighted by atomic mass is 10.2. The first-order chi connectivity index (χ1) is 11.7. The Hall–Kier alpha value is -3.66. The van der Waals surface area contributed by atoms with Gasteiger partial charge in [-0.2, -0.15) is 5.26 Å². The lowest BCUT2D eigenvalue weighted by Crippen LogP contribution is -2.14. The van der Waals surface area contributed by atoms with Gasteiger partial charge >= 0.3 is 0 Å². The summed E-state index contributed by atoms with van der Waals surface area (Å²) in [6.45, 7) is 1.79. The van der Waals surface area contributed by atoms with Gasteiger partial charge in [0.25, 0.3) is 5.91 Å². The minimum absolute atomic E-state index is 0.216. The Kier molecular flexibility index (Phi) is 4.21. The molecule has 3 aromatic rings. The van der Waals surface area contributed by atoms with Gasteiger partial charge in [0.05, 0.1) is 11.3 Å². The quantitative estimate of drug-likeness (QED) is 0.765. The number of benzene rings is 1. The molecule has 0 aliphatic carbocycles. The molecule has 0 radical (unpaired) electrons. The predicted molar refractivity (Wildman–Crippen MR) is 87.9 cm³/mol. The highest BCUT2D eigenvalue weighted by atomic mass is 16.5. The van der Waals surface area contributed by atoms with Crippen LogP contribution in [0.2, 0.25) is 0 Å². The highest BCUT2D eigenvalue weighted by Crippen LogP contribution is 2.18. The maximum atomic E-state index is 12.3. The Morgan fingerprint density at radius 3 is 2.83 bits per heavy atom. The van der Waals surface area contributed by atoms with Crippen LogP contribution >= 0.6 is 0 Å². The Balaban J connectivity index is 1.78. The molecule has 0 aliphatic rings. The van der Waals surface area contributed by atoms with E-state index in [1.807, 2.05) is 6.07 Å². The average Bonchev–Trinajstić information content (AvgIpc) is 3.00. The Morgan fingerprint density at radius 2 is 2.08 bits per heavy atom. The van der Waals surface area contributed by atoms with Crippen molar-refractivity contribution in [3.05, 3.63) is 65.7 Å². The molecule has 2 aromatic heterocycles. The highest BCUT2D eigenvalue weighted by molar-refractivity contribution is 6.04. The number of aryl methyl sites for hydroxylation is 1. The summed E-state index contributed by atoms with van der Waals surface area (Å²) in [5, 5.41) is 18.6. The van der Waals surface area contributed by atoms with Crippen molar-refractivity contribution in [1.82, 2.24) is 10.1 Å². The molecule has 3 rings (SSSR count). The zero-order valence-corrected chi connectivity index (χ0v) is 12.8. The van der Waals surface area contributed by atoms with Gasteiger partial charge < -0.3 is 15.2 Å². The van der Waals surface area contributed by atoms with Crippen LogP contribution in [-0.2, 0) is 0 Å². The molecule has 0 aliphatic heterocycles. The number of pyridine rings is 1. The summed E-state index contributed by atoms with van der Waals surface area (Å²) in [7, 11) is 0. The van der Waals surface area contributed by atoms with Gasteiger partial charge in [0.1, 0.15) is 17.5 Å². The van der Waals surface area contributed by atoms with E-state index in [9.17, 15) is 4.79 Å². The van der Waals surface area contributed by atoms with Gasteiger partial charge in [0.15, 0.2) is 5.82 Å². The summed E-state index contributed by atoms with van der Waals surface area (Å²) in [4.78, 5) is 16.4. The van der Waals surface area contributed by atoms with E-state index in [1.54, 1.807) is 49.4 Å². The lowest BCUT2D eigenvalue weighted by molar-refractivity contribution is 0.102. The number of hydrogen-bond donors (Lipinski definition) is 2. The van der Waals surface area contributed by atoms with Crippen LogP contribution in [0.15, 0.2) is 53.2 Å². The summed E-state index contributed by atoms with van der Waals surface area (Å²) in [6, 6.07) is 13.9. The number of rotatable bonds is 4. The van der Waals surface area contributed by atoms with Gasteiger partial charge in [-0.05, 0) is 31.2 Å². The minimum Gasteiger partial charge on any atom is -0.360 e. The molecule has 2 N–H and O–H groups in total. The number of hydrogen-bond acceptors (Lipinski definition) is 6. The molecule has 118 valence electrons. The molecule has 0 atom stereocenters. The third-order valence-corrected chi connectivity index (χ3v) is 3.19. The second kappa shape index (κ2) is 6.62. The van der Waals surface area contributed by atoms with Crippen molar-refractivity contribution >= 4 is 23.1 Å². The van der Waals surface area contributed by atoms with Gasteiger partial charge in [0.2, 0.25) is 0 Å². The van der Waals surface area contributed by atoms with Crippen LogP contribution in [0.1, 0.15) is 21.8 Å². The van der Waals surface area contributed by atoms with E-state index >= 15 is 0 Å². The molecule has 1 amide bonds. The fourth-order valence-corrected chi connectivity index (χ4v) is 2.08. The summed E-state index contributed by atoms with van der Waals surface area (Å²) < 4.78 is 4.98. The average molecular weight is 319 g/mol. The van der Waals surface area contributed by atoms with Crippen molar-refractivity contribution < 1.29 is 9.32 Å². The molecule has 0 fully saturated rings. The van der Waals surface area contributed by atoms with Gasteiger partial charge in [-0.25, -0.2) is 0 Å². The molecule has 0 spiro atoms. The van der Waals surface area contributed by atoms with E-state index in [0.717, 1.165) is 0 Å². The van der Waals surface area contributed by atoms with Crippen LogP contribution in [0.3, 0.4) is 0 Å². The van der Waals surface area contributed by atoms with Gasteiger partial charge in [-0.15, -0.1) is 0 Å². The summed E-state index contributed by atoms with van der Waals surface area (Å²) in [5.41, 5.74) is 1.69. The van der Waals surface area contributed by atoms with Crippen molar-refractivity contribution in [3.63, 3.8) is 0 Å². The Labute approximate surface area is 137 Å². The molecular weight excluding hydrogens is 306 g/mol. The summed E-state index contributed by atoms with van der Waals surface area (Å²) >= 11 is 0. The van der Waals surface area contributed by atoms with Gasteiger partial charge in [-0.3, -0.25) is 9.78 Å². The number of nitriles is 1. The van der Waals surface area contributed by atoms with Crippen LogP contribution in [0.5, 0.6) is 0 Å². The number of anilines is 3. The van der Waals surface area contributed by atoms with Crippen molar-refractivity contribution in [2.45, 2.75) is 6.92 Å². The molecule has 2 heterocycles. The van der Waals surface area contributed by atoms with Crippen LogP contribution in [0.25, 0.3) is 0 Å². The number of nitrogens with zero attached hydrogens (tertiary/aromatic N) is 3. The van der Waals surface area contributed by atoms with E-state index in [-0.39, 0.29) is 5.69 Å². The van der Waals surface area contributed by atoms with Crippen LogP contribution < -0.4 is 10.6 Å². The largest absolute Gasteiger partial charge is 0.360 e. The first-order valence-electron chi connectivity index (χ1n) is 7.12. The first kappa shape index (κ1) is 15.2. The van der Waals surface area contributed by atoms with E-state index in [4.69, 9.17) is 9.78 Å². The second-order valence-corrected chi connectivity index (χ2v) is 4.99. The predicted octanol–water partition coefficient (Wildman–Crippen LogP) is 3.25. The summed E-state index contributed by atoms with van der Waals surface area (Å²) in [5.74, 6) is 0.815.